The number of thiol groups is 1. The first-order valence-corrected chi connectivity index (χ1v) is 6.52. The lowest BCUT2D eigenvalue weighted by atomic mass is 10.1. The summed E-state index contributed by atoms with van der Waals surface area (Å²) < 4.78 is 0. The molecule has 0 saturated heterocycles. The monoisotopic (exact) mass is 255 g/mol. The fourth-order valence-corrected chi connectivity index (χ4v) is 1.15. The molecule has 17 heavy (non-hydrogen) atoms. The Kier molecular flexibility index (Phi) is 9.43. The molecule has 0 aliphatic heterocycles. The summed E-state index contributed by atoms with van der Waals surface area (Å²) in [4.78, 5) is 19.3. The Balaban J connectivity index is 0.000000770. The van der Waals surface area contributed by atoms with Crippen LogP contribution in [0.5, 0.6) is 0 Å². The minimum Gasteiger partial charge on any atom is -0.369 e. The van der Waals surface area contributed by atoms with Crippen molar-refractivity contribution in [3.8, 4) is 0 Å². The predicted molar refractivity (Wildman–Crippen MR) is 75.0 cm³/mol. The molecule has 0 aliphatic carbocycles. The molecule has 1 aromatic heterocycles. The molecule has 0 unspecified atom stereocenters. The maximum atomic E-state index is 11.5. The van der Waals surface area contributed by atoms with Gasteiger partial charge in [0.05, 0.1) is 5.56 Å². The fourth-order valence-electron chi connectivity index (χ4n) is 1.04. The Hall–Kier alpha value is -1.10. The predicted octanol–water partition coefficient (Wildman–Crippen LogP) is 2.83. The van der Waals surface area contributed by atoms with Crippen LogP contribution in [0.4, 0.5) is 5.82 Å². The standard InChI is InChI=1S/C9H13N3OS.C3H8/c1-2-8(13)7-5-10-6-12-9(7)11-3-4-14;1-3-2/h5-6,14H,2-4H2,1H3,(H,10,11,12);3H2,1-2H3. The molecule has 1 aromatic rings. The number of nitrogens with zero attached hydrogens (tertiary/aromatic N) is 2. The Morgan fingerprint density at radius 3 is 2.59 bits per heavy atom. The summed E-state index contributed by atoms with van der Waals surface area (Å²) in [5, 5.41) is 3.03. The summed E-state index contributed by atoms with van der Waals surface area (Å²) in [6.07, 6.45) is 4.68. The molecule has 0 radical (unpaired) electrons. The van der Waals surface area contributed by atoms with Crippen LogP contribution in [0.2, 0.25) is 0 Å². The summed E-state index contributed by atoms with van der Waals surface area (Å²) in [5.74, 6) is 1.34. The van der Waals surface area contributed by atoms with Gasteiger partial charge in [0.1, 0.15) is 12.1 Å². The SMILES string of the molecule is CCC.CCC(=O)c1cncnc1NCCS. The van der Waals surface area contributed by atoms with E-state index in [1.54, 1.807) is 6.20 Å². The van der Waals surface area contributed by atoms with E-state index < -0.39 is 0 Å². The highest BCUT2D eigenvalue weighted by Crippen LogP contribution is 2.11. The van der Waals surface area contributed by atoms with Crippen molar-refractivity contribution in [1.82, 2.24) is 9.97 Å². The highest BCUT2D eigenvalue weighted by atomic mass is 32.1. The molecule has 0 aliphatic rings. The van der Waals surface area contributed by atoms with Crippen molar-refractivity contribution in [3.63, 3.8) is 0 Å². The lowest BCUT2D eigenvalue weighted by molar-refractivity contribution is 0.0988. The van der Waals surface area contributed by atoms with E-state index in [1.807, 2.05) is 6.92 Å². The van der Waals surface area contributed by atoms with Gasteiger partial charge in [0.2, 0.25) is 0 Å². The molecule has 0 fully saturated rings. The van der Waals surface area contributed by atoms with Gasteiger partial charge in [-0.1, -0.05) is 27.2 Å². The zero-order valence-electron chi connectivity index (χ0n) is 10.7. The van der Waals surface area contributed by atoms with E-state index in [0.717, 1.165) is 0 Å². The van der Waals surface area contributed by atoms with E-state index in [1.165, 1.54) is 12.7 Å². The zero-order valence-corrected chi connectivity index (χ0v) is 11.6. The van der Waals surface area contributed by atoms with Gasteiger partial charge in [-0.3, -0.25) is 4.79 Å². The third kappa shape index (κ3) is 6.26. The second-order valence-corrected chi connectivity index (χ2v) is 3.87. The molecule has 0 spiro atoms. The topological polar surface area (TPSA) is 54.9 Å². The second kappa shape index (κ2) is 10.1. The Labute approximate surface area is 109 Å². The zero-order chi connectivity index (χ0) is 13.1. The minimum absolute atomic E-state index is 0.0484. The van der Waals surface area contributed by atoms with Crippen molar-refractivity contribution < 1.29 is 4.79 Å². The average molecular weight is 255 g/mol. The molecular weight excluding hydrogens is 234 g/mol. The number of anilines is 1. The van der Waals surface area contributed by atoms with Crippen molar-refractivity contribution in [1.29, 1.82) is 0 Å². The minimum atomic E-state index is 0.0484. The third-order valence-electron chi connectivity index (χ3n) is 1.74. The maximum absolute atomic E-state index is 11.5. The van der Waals surface area contributed by atoms with Gasteiger partial charge in [-0.2, -0.15) is 12.6 Å². The Morgan fingerprint density at radius 2 is 2.06 bits per heavy atom. The summed E-state index contributed by atoms with van der Waals surface area (Å²) in [6, 6.07) is 0. The molecule has 0 saturated carbocycles. The molecule has 1 heterocycles. The Bertz CT molecular complexity index is 331. The lowest BCUT2D eigenvalue weighted by Gasteiger charge is -2.06. The van der Waals surface area contributed by atoms with E-state index in [2.05, 4.69) is 41.8 Å². The molecule has 4 nitrogen and oxygen atoms in total. The molecule has 0 amide bonds. The molecular formula is C12H21N3OS. The first-order chi connectivity index (χ1) is 8.21. The quantitative estimate of drug-likeness (QED) is 0.627. The van der Waals surface area contributed by atoms with Gasteiger partial charge in [0.25, 0.3) is 0 Å². The first-order valence-electron chi connectivity index (χ1n) is 5.89. The van der Waals surface area contributed by atoms with Crippen LogP contribution in [-0.4, -0.2) is 28.0 Å². The van der Waals surface area contributed by atoms with E-state index in [9.17, 15) is 4.79 Å². The Morgan fingerprint density at radius 1 is 1.41 bits per heavy atom. The van der Waals surface area contributed by atoms with Gasteiger partial charge >= 0.3 is 0 Å². The second-order valence-electron chi connectivity index (χ2n) is 3.42. The lowest BCUT2D eigenvalue weighted by Crippen LogP contribution is -2.10. The number of carbonyl (C=O) groups excluding carboxylic acids is 1. The van der Waals surface area contributed by atoms with Crippen molar-refractivity contribution in [2.75, 3.05) is 17.6 Å². The van der Waals surface area contributed by atoms with Crippen LogP contribution in [-0.2, 0) is 0 Å². The number of carbonyl (C=O) groups is 1. The number of Topliss-reactive ketones (excluding diaryl/α,β-unsaturated/α-hetero) is 1. The van der Waals surface area contributed by atoms with Crippen molar-refractivity contribution >= 4 is 24.2 Å². The van der Waals surface area contributed by atoms with Gasteiger partial charge in [-0.15, -0.1) is 0 Å². The van der Waals surface area contributed by atoms with Crippen LogP contribution in [0.3, 0.4) is 0 Å². The maximum Gasteiger partial charge on any atom is 0.167 e. The summed E-state index contributed by atoms with van der Waals surface area (Å²) >= 11 is 4.07. The van der Waals surface area contributed by atoms with Gasteiger partial charge < -0.3 is 5.32 Å². The van der Waals surface area contributed by atoms with Crippen LogP contribution in [0.1, 0.15) is 44.0 Å². The normalized spacial score (nSPS) is 9.18. The van der Waals surface area contributed by atoms with Crippen LogP contribution in [0.15, 0.2) is 12.5 Å². The van der Waals surface area contributed by atoms with Crippen LogP contribution >= 0.6 is 12.6 Å². The fraction of sp³-hybridized carbons (Fsp3) is 0.583. The first kappa shape index (κ1) is 15.9. The van der Waals surface area contributed by atoms with E-state index in [0.29, 0.717) is 30.1 Å². The number of hydrogen-bond acceptors (Lipinski definition) is 5. The highest BCUT2D eigenvalue weighted by Gasteiger charge is 2.09. The molecule has 96 valence electrons. The van der Waals surface area contributed by atoms with Crippen LogP contribution < -0.4 is 5.32 Å². The van der Waals surface area contributed by atoms with Gasteiger partial charge in [0.15, 0.2) is 5.78 Å². The molecule has 1 rings (SSSR count). The number of aromatic nitrogens is 2. The third-order valence-corrected chi connectivity index (χ3v) is 1.96. The highest BCUT2D eigenvalue weighted by molar-refractivity contribution is 7.80. The molecule has 0 aromatic carbocycles. The van der Waals surface area contributed by atoms with Crippen molar-refractivity contribution in [2.24, 2.45) is 0 Å². The van der Waals surface area contributed by atoms with E-state index >= 15 is 0 Å². The van der Waals surface area contributed by atoms with Crippen molar-refractivity contribution in [3.05, 3.63) is 18.1 Å². The largest absolute Gasteiger partial charge is 0.369 e. The van der Waals surface area contributed by atoms with Crippen molar-refractivity contribution in [2.45, 2.75) is 33.6 Å². The summed E-state index contributed by atoms with van der Waals surface area (Å²) in [6.45, 7) is 6.75. The van der Waals surface area contributed by atoms with Crippen LogP contribution in [0, 0.1) is 0 Å². The molecule has 5 heteroatoms. The smallest absolute Gasteiger partial charge is 0.167 e. The van der Waals surface area contributed by atoms with E-state index in [-0.39, 0.29) is 5.78 Å². The van der Waals surface area contributed by atoms with Gasteiger partial charge in [0, 0.05) is 24.9 Å². The summed E-state index contributed by atoms with van der Waals surface area (Å²) in [7, 11) is 0. The van der Waals surface area contributed by atoms with Crippen LogP contribution in [0.25, 0.3) is 0 Å². The average Bonchev–Trinajstić information content (AvgIpc) is 2.36. The van der Waals surface area contributed by atoms with Gasteiger partial charge in [-0.25, -0.2) is 9.97 Å². The number of ketones is 1. The number of rotatable bonds is 5. The number of nitrogens with one attached hydrogen (secondary N) is 1. The molecule has 0 bridgehead atoms. The molecule has 0 atom stereocenters. The molecule has 1 N–H and O–H groups in total. The summed E-state index contributed by atoms with van der Waals surface area (Å²) in [5.41, 5.74) is 0.553. The number of hydrogen-bond donors (Lipinski definition) is 2. The van der Waals surface area contributed by atoms with Gasteiger partial charge in [-0.05, 0) is 0 Å². The van der Waals surface area contributed by atoms with E-state index in [4.69, 9.17) is 0 Å².